The van der Waals surface area contributed by atoms with Crippen LogP contribution in [0.25, 0.3) is 0 Å². The van der Waals surface area contributed by atoms with Gasteiger partial charge in [-0.05, 0) is 36.6 Å². The summed E-state index contributed by atoms with van der Waals surface area (Å²) in [5, 5.41) is 0. The minimum atomic E-state index is -1.01. The van der Waals surface area contributed by atoms with E-state index in [1.165, 1.54) is 12.1 Å². The Morgan fingerprint density at radius 2 is 1.74 bits per heavy atom. The van der Waals surface area contributed by atoms with Crippen LogP contribution >= 0.6 is 0 Å². The summed E-state index contributed by atoms with van der Waals surface area (Å²) in [6.07, 6.45) is 0.483. The first-order valence-corrected chi connectivity index (χ1v) is 6.29. The summed E-state index contributed by atoms with van der Waals surface area (Å²) >= 11 is 0. The molecule has 0 radical (unpaired) electrons. The van der Waals surface area contributed by atoms with E-state index in [9.17, 15) is 8.78 Å². The monoisotopic (exact) mass is 261 g/mol. The van der Waals surface area contributed by atoms with Crippen molar-refractivity contribution in [3.05, 3.63) is 70.8 Å². The van der Waals surface area contributed by atoms with E-state index in [0.29, 0.717) is 23.1 Å². The molecule has 0 saturated carbocycles. The molecule has 0 aromatic heterocycles. The lowest BCUT2D eigenvalue weighted by Gasteiger charge is -2.30. The van der Waals surface area contributed by atoms with Crippen molar-refractivity contribution in [2.75, 3.05) is 0 Å². The Labute approximate surface area is 112 Å². The number of hydrogen-bond donors (Lipinski definition) is 1. The van der Waals surface area contributed by atoms with Crippen molar-refractivity contribution in [2.45, 2.75) is 25.8 Å². The molecule has 19 heavy (non-hydrogen) atoms. The van der Waals surface area contributed by atoms with Crippen LogP contribution in [-0.4, -0.2) is 0 Å². The molecule has 100 valence electrons. The lowest BCUT2D eigenvalue weighted by atomic mass is 9.81. The molecule has 0 heterocycles. The normalized spacial score (nSPS) is 14.2. The van der Waals surface area contributed by atoms with Crippen LogP contribution in [0.3, 0.4) is 0 Å². The van der Waals surface area contributed by atoms with Gasteiger partial charge < -0.3 is 5.73 Å². The molecule has 2 aromatic rings. The summed E-state index contributed by atoms with van der Waals surface area (Å²) in [6, 6.07) is 11.2. The van der Waals surface area contributed by atoms with Gasteiger partial charge in [0.05, 0.1) is 5.54 Å². The standard InChI is InChI=1S/C16H17F2N/c1-3-16(19,13-6-4-5-7-14(13)17)12-9-8-11(2)15(18)10-12/h4-10H,3,19H2,1-2H3. The number of rotatable bonds is 3. The van der Waals surface area contributed by atoms with E-state index >= 15 is 0 Å². The summed E-state index contributed by atoms with van der Waals surface area (Å²) in [6.45, 7) is 3.55. The van der Waals surface area contributed by atoms with Crippen LogP contribution in [-0.2, 0) is 5.54 Å². The molecule has 0 bridgehead atoms. The molecule has 0 aliphatic rings. The molecule has 2 rings (SSSR count). The zero-order valence-electron chi connectivity index (χ0n) is 11.1. The molecular weight excluding hydrogens is 244 g/mol. The fourth-order valence-electron chi connectivity index (χ4n) is 2.24. The number of hydrogen-bond acceptors (Lipinski definition) is 1. The number of benzene rings is 2. The lowest BCUT2D eigenvalue weighted by molar-refractivity contribution is 0.475. The van der Waals surface area contributed by atoms with Crippen molar-refractivity contribution in [3.8, 4) is 0 Å². The molecule has 0 saturated heterocycles. The second-order valence-corrected chi connectivity index (χ2v) is 4.77. The van der Waals surface area contributed by atoms with Crippen LogP contribution in [0.1, 0.15) is 30.0 Å². The molecule has 1 nitrogen and oxygen atoms in total. The Hall–Kier alpha value is -1.74. The second kappa shape index (κ2) is 5.10. The van der Waals surface area contributed by atoms with E-state index in [-0.39, 0.29) is 11.6 Å². The van der Waals surface area contributed by atoms with E-state index in [0.717, 1.165) is 0 Å². The number of halogens is 2. The van der Waals surface area contributed by atoms with Crippen molar-refractivity contribution in [1.29, 1.82) is 0 Å². The smallest absolute Gasteiger partial charge is 0.128 e. The molecule has 3 heteroatoms. The van der Waals surface area contributed by atoms with Crippen LogP contribution in [0.2, 0.25) is 0 Å². The van der Waals surface area contributed by atoms with Crippen LogP contribution < -0.4 is 5.73 Å². The molecule has 0 fully saturated rings. The summed E-state index contributed by atoms with van der Waals surface area (Å²) in [4.78, 5) is 0. The molecule has 0 aliphatic heterocycles. The Balaban J connectivity index is 2.60. The van der Waals surface area contributed by atoms with Gasteiger partial charge >= 0.3 is 0 Å². The van der Waals surface area contributed by atoms with Crippen molar-refractivity contribution < 1.29 is 8.78 Å². The molecular formula is C16H17F2N. The summed E-state index contributed by atoms with van der Waals surface area (Å²) in [5.74, 6) is -0.690. The van der Waals surface area contributed by atoms with Crippen molar-refractivity contribution >= 4 is 0 Å². The Morgan fingerprint density at radius 1 is 1.05 bits per heavy atom. The lowest BCUT2D eigenvalue weighted by Crippen LogP contribution is -2.38. The Kier molecular flexibility index (Phi) is 3.67. The SMILES string of the molecule is CCC(N)(c1ccc(C)c(F)c1)c1ccccc1F. The zero-order valence-corrected chi connectivity index (χ0v) is 11.1. The van der Waals surface area contributed by atoms with Gasteiger partial charge in [0, 0.05) is 5.56 Å². The maximum absolute atomic E-state index is 14.0. The maximum atomic E-state index is 14.0. The second-order valence-electron chi connectivity index (χ2n) is 4.77. The summed E-state index contributed by atoms with van der Waals surface area (Å²) < 4.78 is 27.7. The van der Waals surface area contributed by atoms with Crippen LogP contribution in [0.5, 0.6) is 0 Å². The van der Waals surface area contributed by atoms with E-state index < -0.39 is 5.54 Å². The topological polar surface area (TPSA) is 26.0 Å². The molecule has 2 N–H and O–H groups in total. The molecule has 1 atom stereocenters. The van der Waals surface area contributed by atoms with Crippen LogP contribution in [0, 0.1) is 18.6 Å². The largest absolute Gasteiger partial charge is 0.318 e. The first-order valence-electron chi connectivity index (χ1n) is 6.29. The maximum Gasteiger partial charge on any atom is 0.128 e. The predicted molar refractivity (Wildman–Crippen MR) is 72.8 cm³/mol. The molecule has 0 amide bonds. The first-order chi connectivity index (χ1) is 8.99. The highest BCUT2D eigenvalue weighted by Gasteiger charge is 2.30. The number of aryl methyl sites for hydroxylation is 1. The fourth-order valence-corrected chi connectivity index (χ4v) is 2.24. The first kappa shape index (κ1) is 13.7. The third-order valence-corrected chi connectivity index (χ3v) is 3.60. The number of nitrogens with two attached hydrogens (primary N) is 1. The average Bonchev–Trinajstić information content (AvgIpc) is 2.41. The van der Waals surface area contributed by atoms with Gasteiger partial charge in [-0.25, -0.2) is 8.78 Å². The molecule has 0 aliphatic carbocycles. The molecule has 1 unspecified atom stereocenters. The van der Waals surface area contributed by atoms with Gasteiger partial charge in [-0.2, -0.15) is 0 Å². The van der Waals surface area contributed by atoms with Crippen LogP contribution in [0.15, 0.2) is 42.5 Å². The van der Waals surface area contributed by atoms with E-state index in [1.807, 2.05) is 6.92 Å². The van der Waals surface area contributed by atoms with Gasteiger partial charge in [0.1, 0.15) is 11.6 Å². The van der Waals surface area contributed by atoms with Crippen LogP contribution in [0.4, 0.5) is 8.78 Å². The van der Waals surface area contributed by atoms with E-state index in [2.05, 4.69) is 0 Å². The molecule has 2 aromatic carbocycles. The summed E-state index contributed by atoms with van der Waals surface area (Å²) in [7, 11) is 0. The highest BCUT2D eigenvalue weighted by atomic mass is 19.1. The van der Waals surface area contributed by atoms with Crippen molar-refractivity contribution in [3.63, 3.8) is 0 Å². The van der Waals surface area contributed by atoms with Gasteiger partial charge in [-0.1, -0.05) is 37.3 Å². The van der Waals surface area contributed by atoms with Gasteiger partial charge in [0.15, 0.2) is 0 Å². The quantitative estimate of drug-likeness (QED) is 0.891. The Morgan fingerprint density at radius 3 is 2.32 bits per heavy atom. The third-order valence-electron chi connectivity index (χ3n) is 3.60. The highest BCUT2D eigenvalue weighted by molar-refractivity contribution is 5.39. The highest BCUT2D eigenvalue weighted by Crippen LogP contribution is 2.32. The predicted octanol–water partition coefficient (Wildman–Crippen LogP) is 3.89. The summed E-state index contributed by atoms with van der Waals surface area (Å²) in [5.41, 5.74) is 6.87. The average molecular weight is 261 g/mol. The third kappa shape index (κ3) is 2.38. The van der Waals surface area contributed by atoms with Crippen molar-refractivity contribution in [1.82, 2.24) is 0 Å². The van der Waals surface area contributed by atoms with Gasteiger partial charge in [-0.3, -0.25) is 0 Å². The van der Waals surface area contributed by atoms with Crippen molar-refractivity contribution in [2.24, 2.45) is 5.73 Å². The molecule has 0 spiro atoms. The zero-order chi connectivity index (χ0) is 14.0. The minimum Gasteiger partial charge on any atom is -0.318 e. The van der Waals surface area contributed by atoms with E-state index in [4.69, 9.17) is 5.73 Å². The van der Waals surface area contributed by atoms with Gasteiger partial charge in [0.2, 0.25) is 0 Å². The fraction of sp³-hybridized carbons (Fsp3) is 0.250. The van der Waals surface area contributed by atoms with Gasteiger partial charge in [0.25, 0.3) is 0 Å². The van der Waals surface area contributed by atoms with Gasteiger partial charge in [-0.15, -0.1) is 0 Å². The minimum absolute atomic E-state index is 0.322. The van der Waals surface area contributed by atoms with E-state index in [1.54, 1.807) is 37.3 Å². The Bertz CT molecular complexity index is 595.